The molecule has 0 bridgehead atoms. The summed E-state index contributed by atoms with van der Waals surface area (Å²) >= 11 is 6.12. The summed E-state index contributed by atoms with van der Waals surface area (Å²) < 4.78 is 0. The van der Waals surface area contributed by atoms with Crippen LogP contribution in [0.1, 0.15) is 11.1 Å². The maximum atomic E-state index is 6.12. The van der Waals surface area contributed by atoms with E-state index >= 15 is 0 Å². The van der Waals surface area contributed by atoms with Crippen molar-refractivity contribution in [3.05, 3.63) is 82.9 Å². The maximum absolute atomic E-state index is 6.12. The van der Waals surface area contributed by atoms with Crippen molar-refractivity contribution in [2.24, 2.45) is 0 Å². The molecular weight excluding hydrogens is 264 g/mol. The van der Waals surface area contributed by atoms with E-state index in [9.17, 15) is 0 Å². The minimum atomic E-state index is 0.817. The Bertz CT molecular complexity index is 788. The maximum Gasteiger partial charge on any atom is 0.0409 e. The summed E-state index contributed by atoms with van der Waals surface area (Å²) in [7, 11) is 0. The van der Waals surface area contributed by atoms with Gasteiger partial charge in [-0.15, -0.1) is 0 Å². The highest BCUT2D eigenvalue weighted by molar-refractivity contribution is 6.30. The lowest BCUT2D eigenvalue weighted by Gasteiger charge is -2.10. The van der Waals surface area contributed by atoms with Crippen molar-refractivity contribution in [2.75, 3.05) is 0 Å². The summed E-state index contributed by atoms with van der Waals surface area (Å²) in [6.07, 6.45) is 0.978. The van der Waals surface area contributed by atoms with Gasteiger partial charge in [-0.2, -0.15) is 0 Å². The predicted octanol–water partition coefficient (Wildman–Crippen LogP) is 5.58. The van der Waals surface area contributed by atoms with Crippen LogP contribution in [-0.4, -0.2) is 0 Å². The minimum absolute atomic E-state index is 0.817. The van der Waals surface area contributed by atoms with Crippen LogP contribution in [0.25, 0.3) is 22.3 Å². The van der Waals surface area contributed by atoms with Crippen molar-refractivity contribution in [1.82, 2.24) is 0 Å². The molecule has 1 heteroatoms. The molecule has 0 amide bonds. The Morgan fingerprint density at radius 3 is 2.40 bits per heavy atom. The molecule has 3 aromatic rings. The highest BCUT2D eigenvalue weighted by atomic mass is 35.5. The Kier molecular flexibility index (Phi) is 2.64. The van der Waals surface area contributed by atoms with Crippen molar-refractivity contribution in [2.45, 2.75) is 6.42 Å². The number of fused-ring (bicyclic) bond motifs is 3. The van der Waals surface area contributed by atoms with Gasteiger partial charge in [-0.3, -0.25) is 0 Å². The topological polar surface area (TPSA) is 0 Å². The van der Waals surface area contributed by atoms with Crippen molar-refractivity contribution < 1.29 is 0 Å². The molecule has 96 valence electrons. The Morgan fingerprint density at radius 1 is 0.700 bits per heavy atom. The molecule has 1 aliphatic rings. The monoisotopic (exact) mass is 276 g/mol. The van der Waals surface area contributed by atoms with Gasteiger partial charge in [0.05, 0.1) is 0 Å². The number of hydrogen-bond acceptors (Lipinski definition) is 0. The molecule has 0 fully saturated rings. The van der Waals surface area contributed by atoms with E-state index in [1.165, 1.54) is 33.4 Å². The number of halogens is 1. The van der Waals surface area contributed by atoms with Crippen LogP contribution < -0.4 is 0 Å². The van der Waals surface area contributed by atoms with Crippen LogP contribution in [0.3, 0.4) is 0 Å². The zero-order valence-electron chi connectivity index (χ0n) is 10.9. The quantitative estimate of drug-likeness (QED) is 0.426. The molecule has 0 N–H and O–H groups in total. The summed E-state index contributed by atoms with van der Waals surface area (Å²) in [6, 6.07) is 23.4. The third-order valence-corrected chi connectivity index (χ3v) is 4.19. The first kappa shape index (κ1) is 11.7. The second-order valence-electron chi connectivity index (χ2n) is 5.18. The number of rotatable bonds is 1. The normalized spacial score (nSPS) is 12.1. The lowest BCUT2D eigenvalue weighted by atomic mass is 9.94. The van der Waals surface area contributed by atoms with Crippen LogP contribution in [0.4, 0.5) is 0 Å². The van der Waals surface area contributed by atoms with Gasteiger partial charge in [-0.05, 0) is 51.9 Å². The molecule has 3 aromatic carbocycles. The molecule has 1 aliphatic carbocycles. The second kappa shape index (κ2) is 4.50. The van der Waals surface area contributed by atoms with Crippen molar-refractivity contribution in [3.8, 4) is 22.3 Å². The van der Waals surface area contributed by atoms with Crippen LogP contribution in [0.15, 0.2) is 66.7 Å². The van der Waals surface area contributed by atoms with Crippen molar-refractivity contribution in [3.63, 3.8) is 0 Å². The van der Waals surface area contributed by atoms with Crippen LogP contribution >= 0.6 is 11.6 Å². The highest BCUT2D eigenvalue weighted by Crippen LogP contribution is 2.43. The average Bonchev–Trinajstić information content (AvgIpc) is 2.85. The third-order valence-electron chi connectivity index (χ3n) is 3.95. The SMILES string of the molecule is Clc1ccc2c(c1)Cc1cccc(-c3ccccc3)c1-2. The van der Waals surface area contributed by atoms with E-state index in [0.717, 1.165) is 11.4 Å². The molecule has 0 saturated heterocycles. The minimum Gasteiger partial charge on any atom is -0.0843 e. The van der Waals surface area contributed by atoms with E-state index in [1.54, 1.807) is 0 Å². The lowest BCUT2D eigenvalue weighted by molar-refractivity contribution is 1.26. The fourth-order valence-electron chi connectivity index (χ4n) is 3.08. The standard InChI is InChI=1S/C19H13Cl/c20-16-9-10-18-15(12-16)11-14-7-4-8-17(19(14)18)13-5-2-1-3-6-13/h1-10,12H,11H2. The molecule has 0 nitrogen and oxygen atoms in total. The van der Waals surface area contributed by atoms with Gasteiger partial charge in [0.15, 0.2) is 0 Å². The van der Waals surface area contributed by atoms with E-state index in [0.29, 0.717) is 0 Å². The zero-order chi connectivity index (χ0) is 13.5. The van der Waals surface area contributed by atoms with Gasteiger partial charge in [0.25, 0.3) is 0 Å². The largest absolute Gasteiger partial charge is 0.0843 e. The summed E-state index contributed by atoms with van der Waals surface area (Å²) in [6.45, 7) is 0. The number of hydrogen-bond donors (Lipinski definition) is 0. The second-order valence-corrected chi connectivity index (χ2v) is 5.62. The van der Waals surface area contributed by atoms with Gasteiger partial charge in [0, 0.05) is 5.02 Å². The molecule has 20 heavy (non-hydrogen) atoms. The summed E-state index contributed by atoms with van der Waals surface area (Å²) in [4.78, 5) is 0. The van der Waals surface area contributed by atoms with Crippen molar-refractivity contribution >= 4 is 11.6 Å². The molecule has 0 saturated carbocycles. The van der Waals surface area contributed by atoms with Gasteiger partial charge >= 0.3 is 0 Å². The first-order chi connectivity index (χ1) is 9.83. The molecule has 0 aromatic heterocycles. The molecule has 0 spiro atoms. The van der Waals surface area contributed by atoms with Crippen LogP contribution in [0, 0.1) is 0 Å². The molecule has 0 heterocycles. The van der Waals surface area contributed by atoms with Gasteiger partial charge in [-0.25, -0.2) is 0 Å². The van der Waals surface area contributed by atoms with E-state index in [2.05, 4.69) is 60.7 Å². The summed E-state index contributed by atoms with van der Waals surface area (Å²) in [5.74, 6) is 0. The van der Waals surface area contributed by atoms with Gasteiger partial charge in [0.1, 0.15) is 0 Å². The van der Waals surface area contributed by atoms with Crippen LogP contribution in [-0.2, 0) is 6.42 Å². The lowest BCUT2D eigenvalue weighted by Crippen LogP contribution is -1.85. The van der Waals surface area contributed by atoms with Crippen LogP contribution in [0.2, 0.25) is 5.02 Å². The average molecular weight is 277 g/mol. The first-order valence-electron chi connectivity index (χ1n) is 6.79. The van der Waals surface area contributed by atoms with Gasteiger partial charge in [0.2, 0.25) is 0 Å². The zero-order valence-corrected chi connectivity index (χ0v) is 11.7. The molecule has 0 unspecified atom stereocenters. The van der Waals surface area contributed by atoms with Gasteiger partial charge in [-0.1, -0.05) is 66.2 Å². The Morgan fingerprint density at radius 2 is 1.55 bits per heavy atom. The van der Waals surface area contributed by atoms with E-state index in [-0.39, 0.29) is 0 Å². The van der Waals surface area contributed by atoms with E-state index in [1.807, 2.05) is 6.07 Å². The Hall–Kier alpha value is -2.05. The first-order valence-corrected chi connectivity index (χ1v) is 7.17. The fourth-order valence-corrected chi connectivity index (χ4v) is 3.28. The summed E-state index contributed by atoms with van der Waals surface area (Å²) in [5, 5.41) is 0.817. The smallest absolute Gasteiger partial charge is 0.0409 e. The van der Waals surface area contributed by atoms with Crippen LogP contribution in [0.5, 0.6) is 0 Å². The highest BCUT2D eigenvalue weighted by Gasteiger charge is 2.21. The molecular formula is C19H13Cl. The van der Waals surface area contributed by atoms with E-state index < -0.39 is 0 Å². The Balaban J connectivity index is 1.99. The predicted molar refractivity (Wildman–Crippen MR) is 85.1 cm³/mol. The number of benzene rings is 3. The summed E-state index contributed by atoms with van der Waals surface area (Å²) in [5.41, 5.74) is 7.99. The molecule has 0 aliphatic heterocycles. The fraction of sp³-hybridized carbons (Fsp3) is 0.0526. The molecule has 0 radical (unpaired) electrons. The Labute approximate surface area is 123 Å². The molecule has 4 rings (SSSR count). The van der Waals surface area contributed by atoms with Gasteiger partial charge < -0.3 is 0 Å². The van der Waals surface area contributed by atoms with E-state index in [4.69, 9.17) is 11.6 Å². The van der Waals surface area contributed by atoms with Crippen molar-refractivity contribution in [1.29, 1.82) is 0 Å². The third kappa shape index (κ3) is 1.76. The molecule has 0 atom stereocenters.